The topological polar surface area (TPSA) is 88.2 Å². The molecule has 0 aliphatic heterocycles. The molecule has 0 unspecified atom stereocenters. The number of hydrogen-bond acceptors (Lipinski definition) is 5. The van der Waals surface area contributed by atoms with Crippen molar-refractivity contribution in [3.63, 3.8) is 0 Å². The van der Waals surface area contributed by atoms with E-state index in [1.54, 1.807) is 0 Å². The van der Waals surface area contributed by atoms with E-state index in [0.717, 1.165) is 24.0 Å². The highest BCUT2D eigenvalue weighted by atomic mass is 32.2. The van der Waals surface area contributed by atoms with E-state index >= 15 is 0 Å². The molecule has 1 heterocycles. The average molecular weight is 305 g/mol. The van der Waals surface area contributed by atoms with Gasteiger partial charge < -0.3 is 5.32 Å². The Labute approximate surface area is 117 Å². The van der Waals surface area contributed by atoms with Gasteiger partial charge in [-0.05, 0) is 11.8 Å². The first-order chi connectivity index (χ1) is 8.57. The maximum Gasteiger partial charge on any atom is 0.270 e. The summed E-state index contributed by atoms with van der Waals surface area (Å²) < 4.78 is 24.3. The van der Waals surface area contributed by atoms with Gasteiger partial charge in [0.2, 0.25) is 10.0 Å². The molecule has 19 heavy (non-hydrogen) atoms. The largest absolute Gasteiger partial charge is 0.351 e. The number of aromatic nitrogens is 1. The summed E-state index contributed by atoms with van der Waals surface area (Å²) in [6.07, 6.45) is 1.90. The van der Waals surface area contributed by atoms with Crippen LogP contribution in [0.15, 0.2) is 5.38 Å². The number of rotatable bonds is 5. The minimum Gasteiger partial charge on any atom is -0.351 e. The number of carbonyl (C=O) groups excluding carboxylic acids is 1. The summed E-state index contributed by atoms with van der Waals surface area (Å²) in [5, 5.41) is 4.49. The van der Waals surface area contributed by atoms with Crippen molar-refractivity contribution in [1.29, 1.82) is 0 Å². The number of nitrogens with zero attached hydrogens (tertiary/aromatic N) is 1. The smallest absolute Gasteiger partial charge is 0.270 e. The Hall–Kier alpha value is -1.15. The van der Waals surface area contributed by atoms with Crippen molar-refractivity contribution in [2.24, 2.45) is 5.41 Å². The Morgan fingerprint density at radius 3 is 2.58 bits per heavy atom. The molecule has 0 saturated heterocycles. The molecular formula is C11H19N3O3S2. The van der Waals surface area contributed by atoms with Crippen molar-refractivity contribution in [1.82, 2.24) is 10.3 Å². The highest BCUT2D eigenvalue weighted by molar-refractivity contribution is 7.92. The average Bonchev–Trinajstić information content (AvgIpc) is 2.61. The minimum absolute atomic E-state index is 0.151. The van der Waals surface area contributed by atoms with Gasteiger partial charge in [0, 0.05) is 11.9 Å². The molecule has 0 atom stereocenters. The van der Waals surface area contributed by atoms with Crippen molar-refractivity contribution in [2.45, 2.75) is 27.2 Å². The van der Waals surface area contributed by atoms with Crippen LogP contribution in [0, 0.1) is 5.41 Å². The Morgan fingerprint density at radius 1 is 1.42 bits per heavy atom. The molecule has 2 N–H and O–H groups in total. The van der Waals surface area contributed by atoms with Gasteiger partial charge in [-0.15, -0.1) is 11.3 Å². The Kier molecular flexibility index (Phi) is 4.92. The molecule has 1 aromatic rings. The molecule has 1 amide bonds. The molecule has 0 aliphatic carbocycles. The van der Waals surface area contributed by atoms with Crippen LogP contribution in [-0.4, -0.2) is 32.1 Å². The summed E-state index contributed by atoms with van der Waals surface area (Å²) in [6.45, 7) is 6.84. The van der Waals surface area contributed by atoms with Crippen LogP contribution in [-0.2, 0) is 10.0 Å². The van der Waals surface area contributed by atoms with Gasteiger partial charge >= 0.3 is 0 Å². The van der Waals surface area contributed by atoms with E-state index in [4.69, 9.17) is 0 Å². The second-order valence-electron chi connectivity index (χ2n) is 5.48. The fourth-order valence-corrected chi connectivity index (χ4v) is 2.77. The van der Waals surface area contributed by atoms with Crippen LogP contribution in [0.3, 0.4) is 0 Å². The molecule has 0 aromatic carbocycles. The predicted molar refractivity (Wildman–Crippen MR) is 77.0 cm³/mol. The summed E-state index contributed by atoms with van der Waals surface area (Å²) in [5.74, 6) is -0.290. The van der Waals surface area contributed by atoms with Crippen molar-refractivity contribution in [2.75, 3.05) is 17.5 Å². The van der Waals surface area contributed by atoms with Gasteiger partial charge in [-0.1, -0.05) is 20.8 Å². The third-order valence-electron chi connectivity index (χ3n) is 2.17. The molecule has 0 aliphatic rings. The van der Waals surface area contributed by atoms with Gasteiger partial charge in [0.1, 0.15) is 5.69 Å². The normalized spacial score (nSPS) is 12.2. The van der Waals surface area contributed by atoms with Crippen LogP contribution in [0.4, 0.5) is 5.13 Å². The first-order valence-electron chi connectivity index (χ1n) is 5.78. The zero-order valence-electron chi connectivity index (χ0n) is 11.5. The number of carbonyl (C=O) groups is 1. The van der Waals surface area contributed by atoms with E-state index in [2.05, 4.69) is 35.8 Å². The second kappa shape index (κ2) is 5.87. The molecule has 0 fully saturated rings. The van der Waals surface area contributed by atoms with Crippen molar-refractivity contribution < 1.29 is 13.2 Å². The summed E-state index contributed by atoms with van der Waals surface area (Å²) in [7, 11) is -3.36. The number of sulfonamides is 1. The maximum absolute atomic E-state index is 11.8. The number of amides is 1. The van der Waals surface area contributed by atoms with Crippen LogP contribution in [0.5, 0.6) is 0 Å². The fourth-order valence-electron chi connectivity index (χ4n) is 1.23. The van der Waals surface area contributed by atoms with Crippen molar-refractivity contribution >= 4 is 32.4 Å². The van der Waals surface area contributed by atoms with Gasteiger partial charge in [0.25, 0.3) is 5.91 Å². The number of anilines is 1. The van der Waals surface area contributed by atoms with Crippen molar-refractivity contribution in [3.05, 3.63) is 11.1 Å². The zero-order chi connectivity index (χ0) is 14.7. The monoisotopic (exact) mass is 305 g/mol. The SMILES string of the molecule is CC(C)(C)CCNC(=O)c1csc(NS(C)(=O)=O)n1. The van der Waals surface area contributed by atoms with Crippen LogP contribution >= 0.6 is 11.3 Å². The molecule has 8 heteroatoms. The van der Waals surface area contributed by atoms with E-state index in [1.165, 1.54) is 5.38 Å². The van der Waals surface area contributed by atoms with E-state index in [1.807, 2.05) is 0 Å². The standard InChI is InChI=1S/C11H19N3O3S2/c1-11(2,3)5-6-12-9(15)8-7-18-10(13-8)14-19(4,16)17/h7H,5-6H2,1-4H3,(H,12,15)(H,13,14). The Bertz CT molecular complexity index is 544. The third-order valence-corrected chi connectivity index (χ3v) is 3.62. The van der Waals surface area contributed by atoms with Gasteiger partial charge in [0.05, 0.1) is 6.26 Å². The van der Waals surface area contributed by atoms with Gasteiger partial charge in [-0.2, -0.15) is 0 Å². The molecule has 0 radical (unpaired) electrons. The van der Waals surface area contributed by atoms with Crippen LogP contribution in [0.1, 0.15) is 37.7 Å². The predicted octanol–water partition coefficient (Wildman–Crippen LogP) is 1.68. The number of nitrogens with one attached hydrogen (secondary N) is 2. The first kappa shape index (κ1) is 15.9. The lowest BCUT2D eigenvalue weighted by molar-refractivity contribution is 0.0945. The lowest BCUT2D eigenvalue weighted by Gasteiger charge is -2.17. The lowest BCUT2D eigenvalue weighted by Crippen LogP contribution is -2.27. The first-order valence-corrected chi connectivity index (χ1v) is 8.55. The van der Waals surface area contributed by atoms with E-state index < -0.39 is 10.0 Å². The maximum atomic E-state index is 11.8. The number of hydrogen-bond donors (Lipinski definition) is 2. The molecule has 6 nitrogen and oxygen atoms in total. The molecule has 0 saturated carbocycles. The Morgan fingerprint density at radius 2 is 2.05 bits per heavy atom. The number of thiazole rings is 1. The Balaban J connectivity index is 2.54. The zero-order valence-corrected chi connectivity index (χ0v) is 13.1. The summed E-state index contributed by atoms with van der Waals surface area (Å²) in [4.78, 5) is 15.7. The fraction of sp³-hybridized carbons (Fsp3) is 0.636. The van der Waals surface area contributed by atoms with Gasteiger partial charge in [-0.25, -0.2) is 13.4 Å². The molecule has 1 rings (SSSR count). The van der Waals surface area contributed by atoms with Gasteiger partial charge in [0.15, 0.2) is 5.13 Å². The lowest BCUT2D eigenvalue weighted by atomic mass is 9.92. The highest BCUT2D eigenvalue weighted by Gasteiger charge is 2.14. The molecule has 0 bridgehead atoms. The van der Waals surface area contributed by atoms with Crippen LogP contribution in [0.2, 0.25) is 0 Å². The molecule has 0 spiro atoms. The quantitative estimate of drug-likeness (QED) is 0.866. The highest BCUT2D eigenvalue weighted by Crippen LogP contribution is 2.18. The molecule has 108 valence electrons. The second-order valence-corrected chi connectivity index (χ2v) is 8.09. The molecular weight excluding hydrogens is 286 g/mol. The summed E-state index contributed by atoms with van der Waals surface area (Å²) in [6, 6.07) is 0. The van der Waals surface area contributed by atoms with Crippen LogP contribution < -0.4 is 10.0 Å². The summed E-state index contributed by atoms with van der Waals surface area (Å²) >= 11 is 1.08. The van der Waals surface area contributed by atoms with E-state index in [9.17, 15) is 13.2 Å². The van der Waals surface area contributed by atoms with Crippen LogP contribution in [0.25, 0.3) is 0 Å². The van der Waals surface area contributed by atoms with E-state index in [0.29, 0.717) is 6.54 Å². The third kappa shape index (κ3) is 6.53. The van der Waals surface area contributed by atoms with Crippen molar-refractivity contribution in [3.8, 4) is 0 Å². The minimum atomic E-state index is -3.36. The summed E-state index contributed by atoms with van der Waals surface area (Å²) in [5.41, 5.74) is 0.378. The van der Waals surface area contributed by atoms with E-state index in [-0.39, 0.29) is 22.1 Å². The molecule has 1 aromatic heterocycles. The van der Waals surface area contributed by atoms with Gasteiger partial charge in [-0.3, -0.25) is 9.52 Å².